The standard InChI is InChI=1S/C14H19N3O4S/c1-9(14(19)15-11-5-6-22(20,21)8-11)17-13(18)7-10-3-2-4-12(10)16-17/h7,9,11H,2-6,8H2,1H3,(H,15,19)/t9-,11+/m0/s1. The minimum atomic E-state index is -3.05. The van der Waals surface area contributed by atoms with Crippen LogP contribution in [0, 0.1) is 0 Å². The molecule has 120 valence electrons. The largest absolute Gasteiger partial charge is 0.350 e. The van der Waals surface area contributed by atoms with Crippen molar-refractivity contribution in [3.05, 3.63) is 27.7 Å². The van der Waals surface area contributed by atoms with Gasteiger partial charge in [-0.3, -0.25) is 9.59 Å². The number of rotatable bonds is 3. The summed E-state index contributed by atoms with van der Waals surface area (Å²) in [5, 5.41) is 7.01. The SMILES string of the molecule is C[C@@H](C(=O)N[C@@H]1CCS(=O)(=O)C1)n1nc2c(cc1=O)CCC2. The summed E-state index contributed by atoms with van der Waals surface area (Å²) in [7, 11) is -3.05. The smallest absolute Gasteiger partial charge is 0.267 e. The Bertz CT molecular complexity index is 769. The molecule has 0 saturated carbocycles. The van der Waals surface area contributed by atoms with Gasteiger partial charge in [-0.1, -0.05) is 0 Å². The van der Waals surface area contributed by atoms with E-state index in [-0.39, 0.29) is 29.0 Å². The van der Waals surface area contributed by atoms with Gasteiger partial charge in [0, 0.05) is 12.1 Å². The first kappa shape index (κ1) is 15.2. The highest BCUT2D eigenvalue weighted by Gasteiger charge is 2.31. The van der Waals surface area contributed by atoms with Crippen LogP contribution in [-0.4, -0.2) is 41.7 Å². The van der Waals surface area contributed by atoms with Crippen LogP contribution in [0.5, 0.6) is 0 Å². The zero-order chi connectivity index (χ0) is 15.9. The number of hydrogen-bond donors (Lipinski definition) is 1. The Kier molecular flexibility index (Phi) is 3.80. The molecule has 2 atom stereocenters. The van der Waals surface area contributed by atoms with E-state index in [0.717, 1.165) is 30.5 Å². The molecule has 1 aliphatic carbocycles. The third kappa shape index (κ3) is 2.92. The Morgan fingerprint density at radius 1 is 1.45 bits per heavy atom. The first-order chi connectivity index (χ1) is 10.4. The van der Waals surface area contributed by atoms with Crippen molar-refractivity contribution in [2.45, 2.75) is 44.7 Å². The van der Waals surface area contributed by atoms with Crippen LogP contribution in [0.4, 0.5) is 0 Å². The number of carbonyl (C=O) groups excluding carboxylic acids is 1. The molecule has 1 aromatic rings. The predicted octanol–water partition coefficient (Wildman–Crippen LogP) is -0.404. The molecule has 1 N–H and O–H groups in total. The molecule has 1 fully saturated rings. The van der Waals surface area contributed by atoms with Crippen molar-refractivity contribution < 1.29 is 13.2 Å². The summed E-state index contributed by atoms with van der Waals surface area (Å²) in [6, 6.07) is 0.436. The van der Waals surface area contributed by atoms with E-state index in [4.69, 9.17) is 0 Å². The fourth-order valence-corrected chi connectivity index (χ4v) is 4.71. The van der Waals surface area contributed by atoms with E-state index in [2.05, 4.69) is 10.4 Å². The number of nitrogens with zero attached hydrogens (tertiary/aromatic N) is 2. The Morgan fingerprint density at radius 3 is 2.91 bits per heavy atom. The summed E-state index contributed by atoms with van der Waals surface area (Å²) in [6.07, 6.45) is 3.09. The van der Waals surface area contributed by atoms with Gasteiger partial charge in [0.25, 0.3) is 5.56 Å². The maximum Gasteiger partial charge on any atom is 0.267 e. The first-order valence-electron chi connectivity index (χ1n) is 7.48. The zero-order valence-corrected chi connectivity index (χ0v) is 13.2. The van der Waals surface area contributed by atoms with Crippen molar-refractivity contribution in [2.24, 2.45) is 0 Å². The summed E-state index contributed by atoms with van der Waals surface area (Å²) in [5.74, 6) is -0.295. The Hall–Kier alpha value is -1.70. The monoisotopic (exact) mass is 325 g/mol. The maximum atomic E-state index is 12.3. The highest BCUT2D eigenvalue weighted by atomic mass is 32.2. The lowest BCUT2D eigenvalue weighted by atomic mass is 10.2. The van der Waals surface area contributed by atoms with E-state index in [1.54, 1.807) is 13.0 Å². The number of aryl methyl sites for hydroxylation is 2. The molecule has 0 radical (unpaired) electrons. The number of hydrogen-bond acceptors (Lipinski definition) is 5. The summed E-state index contributed by atoms with van der Waals surface area (Å²) >= 11 is 0. The van der Waals surface area contributed by atoms with E-state index in [0.29, 0.717) is 6.42 Å². The highest BCUT2D eigenvalue weighted by molar-refractivity contribution is 7.91. The van der Waals surface area contributed by atoms with Gasteiger partial charge in [-0.15, -0.1) is 0 Å². The van der Waals surface area contributed by atoms with Crippen LogP contribution in [0.2, 0.25) is 0 Å². The normalized spacial score (nSPS) is 24.0. The van der Waals surface area contributed by atoms with Gasteiger partial charge in [0.2, 0.25) is 5.91 Å². The zero-order valence-electron chi connectivity index (χ0n) is 12.4. The second kappa shape index (κ2) is 5.49. The molecule has 1 aromatic heterocycles. The van der Waals surface area contributed by atoms with E-state index in [1.807, 2.05) is 0 Å². The van der Waals surface area contributed by atoms with Crippen molar-refractivity contribution in [2.75, 3.05) is 11.5 Å². The fourth-order valence-electron chi connectivity index (χ4n) is 3.03. The van der Waals surface area contributed by atoms with Gasteiger partial charge in [-0.25, -0.2) is 13.1 Å². The Morgan fingerprint density at radius 2 is 2.23 bits per heavy atom. The maximum absolute atomic E-state index is 12.3. The number of sulfone groups is 1. The second-order valence-electron chi connectivity index (χ2n) is 6.04. The summed E-state index contributed by atoms with van der Waals surface area (Å²) in [4.78, 5) is 24.3. The fraction of sp³-hybridized carbons (Fsp3) is 0.643. The molecule has 8 heteroatoms. The molecule has 0 aromatic carbocycles. The second-order valence-corrected chi connectivity index (χ2v) is 8.27. The minimum absolute atomic E-state index is 0.0298. The van der Waals surface area contributed by atoms with Crippen LogP contribution in [0.25, 0.3) is 0 Å². The molecule has 22 heavy (non-hydrogen) atoms. The third-order valence-corrected chi connectivity index (χ3v) is 6.08. The molecule has 1 amide bonds. The van der Waals surface area contributed by atoms with Gasteiger partial charge < -0.3 is 5.32 Å². The van der Waals surface area contributed by atoms with Gasteiger partial charge in [0.1, 0.15) is 6.04 Å². The van der Waals surface area contributed by atoms with Gasteiger partial charge in [0.05, 0.1) is 17.2 Å². The molecule has 0 spiro atoms. The number of carbonyl (C=O) groups is 1. The topological polar surface area (TPSA) is 98.1 Å². The molecule has 1 aliphatic heterocycles. The number of aromatic nitrogens is 2. The number of amides is 1. The number of nitrogens with one attached hydrogen (secondary N) is 1. The van der Waals surface area contributed by atoms with E-state index in [1.165, 1.54) is 4.68 Å². The highest BCUT2D eigenvalue weighted by Crippen LogP contribution is 2.18. The first-order valence-corrected chi connectivity index (χ1v) is 9.30. The molecule has 2 aliphatic rings. The molecular weight excluding hydrogens is 306 g/mol. The molecule has 0 unspecified atom stereocenters. The van der Waals surface area contributed by atoms with E-state index < -0.39 is 15.9 Å². The van der Waals surface area contributed by atoms with Crippen molar-refractivity contribution in [3.8, 4) is 0 Å². The average molecular weight is 325 g/mol. The molecule has 1 saturated heterocycles. The van der Waals surface area contributed by atoms with Crippen molar-refractivity contribution in [1.29, 1.82) is 0 Å². The van der Waals surface area contributed by atoms with Gasteiger partial charge in [-0.2, -0.15) is 5.10 Å². The Labute approximate surface area is 128 Å². The van der Waals surface area contributed by atoms with E-state index in [9.17, 15) is 18.0 Å². The predicted molar refractivity (Wildman–Crippen MR) is 80.4 cm³/mol. The van der Waals surface area contributed by atoms with Crippen LogP contribution in [0.1, 0.15) is 37.1 Å². The van der Waals surface area contributed by atoms with Crippen LogP contribution >= 0.6 is 0 Å². The summed E-state index contributed by atoms with van der Waals surface area (Å²) in [6.45, 7) is 1.61. The number of fused-ring (bicyclic) bond motifs is 1. The lowest BCUT2D eigenvalue weighted by Gasteiger charge is -2.17. The van der Waals surface area contributed by atoms with Gasteiger partial charge in [0.15, 0.2) is 9.84 Å². The van der Waals surface area contributed by atoms with Crippen LogP contribution < -0.4 is 10.9 Å². The quantitative estimate of drug-likeness (QED) is 0.815. The lowest BCUT2D eigenvalue weighted by Crippen LogP contribution is -2.42. The van der Waals surface area contributed by atoms with Gasteiger partial charge >= 0.3 is 0 Å². The van der Waals surface area contributed by atoms with Crippen LogP contribution in [0.15, 0.2) is 10.9 Å². The minimum Gasteiger partial charge on any atom is -0.350 e. The van der Waals surface area contributed by atoms with Crippen LogP contribution in [-0.2, 0) is 27.5 Å². The Balaban J connectivity index is 1.75. The van der Waals surface area contributed by atoms with Gasteiger partial charge in [-0.05, 0) is 38.2 Å². The molecule has 2 heterocycles. The molecule has 3 rings (SSSR count). The lowest BCUT2D eigenvalue weighted by molar-refractivity contribution is -0.124. The van der Waals surface area contributed by atoms with Crippen molar-refractivity contribution >= 4 is 15.7 Å². The molecular formula is C14H19N3O4S. The van der Waals surface area contributed by atoms with Crippen molar-refractivity contribution in [3.63, 3.8) is 0 Å². The molecule has 7 nitrogen and oxygen atoms in total. The summed E-state index contributed by atoms with van der Waals surface area (Å²) in [5.41, 5.74) is 1.56. The van der Waals surface area contributed by atoms with Crippen molar-refractivity contribution in [1.82, 2.24) is 15.1 Å². The van der Waals surface area contributed by atoms with Crippen LogP contribution in [0.3, 0.4) is 0 Å². The third-order valence-electron chi connectivity index (χ3n) is 4.31. The van der Waals surface area contributed by atoms with E-state index >= 15 is 0 Å². The average Bonchev–Trinajstić information content (AvgIpc) is 3.02. The molecule has 0 bridgehead atoms. The summed E-state index contributed by atoms with van der Waals surface area (Å²) < 4.78 is 24.0.